The number of nitro benzene ring substituents is 1. The Hall–Kier alpha value is -2.46. The molecule has 0 unspecified atom stereocenters. The normalized spacial score (nSPS) is 10.1. The molecule has 0 saturated carbocycles. The Kier molecular flexibility index (Phi) is 4.50. The van der Waals surface area contributed by atoms with E-state index in [9.17, 15) is 10.1 Å². The molecule has 0 bridgehead atoms. The SMILES string of the molecule is O=[N+]([O-])c1ccc(C[n+]2cccc3ccccc32)cc1.[Cl-]. The molecule has 106 valence electrons. The van der Waals surface area contributed by atoms with Crippen molar-refractivity contribution >= 4 is 16.6 Å². The van der Waals surface area contributed by atoms with E-state index in [1.807, 2.05) is 24.4 Å². The number of hydrogen-bond acceptors (Lipinski definition) is 2. The Morgan fingerprint density at radius 2 is 1.62 bits per heavy atom. The van der Waals surface area contributed by atoms with Gasteiger partial charge in [-0.25, -0.2) is 0 Å². The first-order valence-corrected chi connectivity index (χ1v) is 6.34. The van der Waals surface area contributed by atoms with Crippen LogP contribution in [-0.2, 0) is 6.54 Å². The van der Waals surface area contributed by atoms with Gasteiger partial charge in [-0.2, -0.15) is 4.57 Å². The van der Waals surface area contributed by atoms with Crippen molar-refractivity contribution in [2.75, 3.05) is 0 Å². The summed E-state index contributed by atoms with van der Waals surface area (Å²) in [6.07, 6.45) is 2.02. The van der Waals surface area contributed by atoms with Crippen molar-refractivity contribution < 1.29 is 21.9 Å². The first-order valence-electron chi connectivity index (χ1n) is 6.34. The number of non-ortho nitro benzene ring substituents is 1. The average Bonchev–Trinajstić information content (AvgIpc) is 2.48. The number of halogens is 1. The molecule has 0 aliphatic rings. The molecule has 0 saturated heterocycles. The minimum absolute atomic E-state index is 0. The number of pyridine rings is 1. The van der Waals surface area contributed by atoms with Crippen molar-refractivity contribution in [1.29, 1.82) is 0 Å². The van der Waals surface area contributed by atoms with Crippen molar-refractivity contribution in [1.82, 2.24) is 0 Å². The predicted octanol–water partition coefficient (Wildman–Crippen LogP) is 0.0878. The molecule has 3 rings (SSSR count). The second kappa shape index (κ2) is 6.33. The lowest BCUT2D eigenvalue weighted by Gasteiger charge is -2.01. The monoisotopic (exact) mass is 300 g/mol. The van der Waals surface area contributed by atoms with Crippen LogP contribution in [0, 0.1) is 10.1 Å². The van der Waals surface area contributed by atoms with Gasteiger partial charge in [0, 0.05) is 35.2 Å². The summed E-state index contributed by atoms with van der Waals surface area (Å²) in [6, 6.07) is 18.9. The number of para-hydroxylation sites is 1. The number of hydrogen-bond donors (Lipinski definition) is 0. The van der Waals surface area contributed by atoms with Crippen molar-refractivity contribution in [3.8, 4) is 0 Å². The number of benzene rings is 2. The van der Waals surface area contributed by atoms with E-state index in [1.54, 1.807) is 24.3 Å². The van der Waals surface area contributed by atoms with Crippen LogP contribution in [0.5, 0.6) is 0 Å². The van der Waals surface area contributed by atoms with E-state index in [-0.39, 0.29) is 23.0 Å². The number of aromatic nitrogens is 1. The van der Waals surface area contributed by atoms with E-state index in [1.165, 1.54) is 5.39 Å². The highest BCUT2D eigenvalue weighted by molar-refractivity contribution is 5.74. The lowest BCUT2D eigenvalue weighted by atomic mass is 10.1. The van der Waals surface area contributed by atoms with E-state index in [0.29, 0.717) is 6.54 Å². The molecule has 0 amide bonds. The second-order valence-electron chi connectivity index (χ2n) is 4.62. The Morgan fingerprint density at radius 3 is 2.33 bits per heavy atom. The Balaban J connectivity index is 0.00000161. The molecule has 0 spiro atoms. The van der Waals surface area contributed by atoms with Gasteiger partial charge < -0.3 is 12.4 Å². The number of rotatable bonds is 3. The first-order chi connectivity index (χ1) is 9.74. The maximum atomic E-state index is 10.6. The van der Waals surface area contributed by atoms with E-state index < -0.39 is 0 Å². The standard InChI is InChI=1S/C16H13N2O2.ClH/c19-18(20)15-9-7-13(8-10-15)12-17-11-3-5-14-4-1-2-6-16(14)17;/h1-11H,12H2;1H/q+1;/p-1. The third-order valence-corrected chi connectivity index (χ3v) is 3.29. The lowest BCUT2D eigenvalue weighted by Crippen LogP contribution is -3.00. The highest BCUT2D eigenvalue weighted by Crippen LogP contribution is 2.13. The maximum Gasteiger partial charge on any atom is 0.269 e. The summed E-state index contributed by atoms with van der Waals surface area (Å²) < 4.78 is 2.14. The molecule has 21 heavy (non-hydrogen) atoms. The Morgan fingerprint density at radius 1 is 0.952 bits per heavy atom. The number of fused-ring (bicyclic) bond motifs is 1. The van der Waals surface area contributed by atoms with Crippen LogP contribution in [0.3, 0.4) is 0 Å². The zero-order valence-electron chi connectivity index (χ0n) is 11.1. The number of nitro groups is 1. The zero-order chi connectivity index (χ0) is 13.9. The Labute approximate surface area is 128 Å². The molecule has 0 atom stereocenters. The third-order valence-electron chi connectivity index (χ3n) is 3.29. The molecule has 0 radical (unpaired) electrons. The Bertz CT molecular complexity index is 767. The molecule has 1 aromatic heterocycles. The topological polar surface area (TPSA) is 47.0 Å². The quantitative estimate of drug-likeness (QED) is 0.391. The van der Waals surface area contributed by atoms with Crippen LogP contribution in [0.1, 0.15) is 5.56 Å². The highest BCUT2D eigenvalue weighted by Gasteiger charge is 2.10. The van der Waals surface area contributed by atoms with Gasteiger partial charge in [-0.3, -0.25) is 10.1 Å². The van der Waals surface area contributed by atoms with Crippen LogP contribution in [0.15, 0.2) is 66.9 Å². The van der Waals surface area contributed by atoms with Crippen molar-refractivity contribution in [3.63, 3.8) is 0 Å². The van der Waals surface area contributed by atoms with Gasteiger partial charge in [0.25, 0.3) is 5.69 Å². The van der Waals surface area contributed by atoms with Gasteiger partial charge in [-0.1, -0.05) is 12.1 Å². The minimum atomic E-state index is -0.380. The van der Waals surface area contributed by atoms with Gasteiger partial charge in [0.05, 0.1) is 4.92 Å². The van der Waals surface area contributed by atoms with Gasteiger partial charge in [0.1, 0.15) is 0 Å². The molecule has 0 fully saturated rings. The molecular weight excluding hydrogens is 288 g/mol. The maximum absolute atomic E-state index is 10.6. The fourth-order valence-corrected chi connectivity index (χ4v) is 2.28. The van der Waals surface area contributed by atoms with Crippen LogP contribution < -0.4 is 17.0 Å². The fourth-order valence-electron chi connectivity index (χ4n) is 2.28. The summed E-state index contributed by atoms with van der Waals surface area (Å²) in [6.45, 7) is 0.694. The van der Waals surface area contributed by atoms with E-state index in [2.05, 4.69) is 22.8 Å². The average molecular weight is 301 g/mol. The van der Waals surface area contributed by atoms with Gasteiger partial charge in [0.15, 0.2) is 12.7 Å². The minimum Gasteiger partial charge on any atom is -1.00 e. The predicted molar refractivity (Wildman–Crippen MR) is 76.3 cm³/mol. The zero-order valence-corrected chi connectivity index (χ0v) is 11.9. The number of nitrogens with zero attached hydrogens (tertiary/aromatic N) is 2. The van der Waals surface area contributed by atoms with Crippen molar-refractivity contribution in [2.45, 2.75) is 6.54 Å². The van der Waals surface area contributed by atoms with Crippen LogP contribution in [-0.4, -0.2) is 4.92 Å². The van der Waals surface area contributed by atoms with Gasteiger partial charge in [-0.05, 0) is 24.3 Å². The summed E-state index contributed by atoms with van der Waals surface area (Å²) in [5.74, 6) is 0. The summed E-state index contributed by atoms with van der Waals surface area (Å²) in [7, 11) is 0. The summed E-state index contributed by atoms with van der Waals surface area (Å²) >= 11 is 0. The van der Waals surface area contributed by atoms with Crippen LogP contribution in [0.2, 0.25) is 0 Å². The van der Waals surface area contributed by atoms with Crippen molar-refractivity contribution in [2.24, 2.45) is 0 Å². The smallest absolute Gasteiger partial charge is 0.269 e. The molecule has 0 aliphatic carbocycles. The molecule has 1 heterocycles. The summed E-state index contributed by atoms with van der Waals surface area (Å²) in [5, 5.41) is 11.8. The molecule has 2 aromatic carbocycles. The molecule has 3 aromatic rings. The molecule has 5 heteroatoms. The van der Waals surface area contributed by atoms with E-state index in [4.69, 9.17) is 0 Å². The molecule has 0 aliphatic heterocycles. The lowest BCUT2D eigenvalue weighted by molar-refractivity contribution is -0.662. The highest BCUT2D eigenvalue weighted by atomic mass is 35.5. The largest absolute Gasteiger partial charge is 1.00 e. The molecular formula is C16H13ClN2O2. The van der Waals surface area contributed by atoms with Crippen LogP contribution in [0.4, 0.5) is 5.69 Å². The van der Waals surface area contributed by atoms with E-state index >= 15 is 0 Å². The summed E-state index contributed by atoms with van der Waals surface area (Å²) in [5.41, 5.74) is 2.31. The van der Waals surface area contributed by atoms with Gasteiger partial charge >= 0.3 is 0 Å². The van der Waals surface area contributed by atoms with Gasteiger partial charge in [0.2, 0.25) is 5.52 Å². The van der Waals surface area contributed by atoms with Crippen molar-refractivity contribution in [3.05, 3.63) is 82.5 Å². The molecule has 4 nitrogen and oxygen atoms in total. The van der Waals surface area contributed by atoms with Gasteiger partial charge in [-0.15, -0.1) is 0 Å². The second-order valence-corrected chi connectivity index (χ2v) is 4.62. The first kappa shape index (κ1) is 14.9. The summed E-state index contributed by atoms with van der Waals surface area (Å²) in [4.78, 5) is 10.3. The molecule has 0 N–H and O–H groups in total. The third kappa shape index (κ3) is 3.17. The van der Waals surface area contributed by atoms with Crippen LogP contribution in [0.25, 0.3) is 10.9 Å². The van der Waals surface area contributed by atoms with E-state index in [0.717, 1.165) is 11.1 Å². The fraction of sp³-hybridized carbons (Fsp3) is 0.0625. The van der Waals surface area contributed by atoms with Crippen LogP contribution >= 0.6 is 0 Å².